The van der Waals surface area contributed by atoms with Crippen molar-refractivity contribution in [1.82, 2.24) is 19.3 Å². The average molecular weight is 542 g/mol. The maximum absolute atomic E-state index is 13.1. The van der Waals surface area contributed by atoms with Crippen LogP contribution in [0.3, 0.4) is 0 Å². The van der Waals surface area contributed by atoms with Crippen LogP contribution in [-0.4, -0.2) is 68.4 Å². The number of hydrogen-bond donors (Lipinski definition) is 3. The second-order valence-corrected chi connectivity index (χ2v) is 12.6. The largest absolute Gasteiger partial charge is 0.618 e. The molecule has 0 saturated carbocycles. The van der Waals surface area contributed by atoms with Crippen molar-refractivity contribution < 1.29 is 31.5 Å². The molecule has 0 spiro atoms. The highest BCUT2D eigenvalue weighted by Gasteiger charge is 2.36. The van der Waals surface area contributed by atoms with Crippen molar-refractivity contribution in [2.75, 3.05) is 13.1 Å². The van der Waals surface area contributed by atoms with Crippen LogP contribution in [0.15, 0.2) is 58.8 Å². The van der Waals surface area contributed by atoms with Crippen LogP contribution in [0, 0.1) is 11.1 Å². The first-order valence-corrected chi connectivity index (χ1v) is 14.4. The number of aromatic nitrogens is 2. The van der Waals surface area contributed by atoms with Gasteiger partial charge in [0.15, 0.2) is 11.2 Å². The molecule has 2 aromatic heterocycles. The summed E-state index contributed by atoms with van der Waals surface area (Å²) in [5.41, 5.74) is 0. The highest BCUT2D eigenvalue weighted by molar-refractivity contribution is 7.89. The highest BCUT2D eigenvalue weighted by atomic mass is 32.2. The second-order valence-electron chi connectivity index (χ2n) is 9.02. The van der Waals surface area contributed by atoms with E-state index < -0.39 is 49.2 Å². The van der Waals surface area contributed by atoms with Crippen molar-refractivity contribution in [1.29, 1.82) is 0 Å². The Bertz CT molecular complexity index is 1260. The fraction of sp³-hybridized carbons (Fsp3) is 0.500. The number of carbonyl (C=O) groups excluding carboxylic acids is 1. The molecule has 3 rings (SSSR count). The molecule has 2 unspecified atom stereocenters. The third-order valence-electron chi connectivity index (χ3n) is 5.73. The number of sulfonamides is 2. The van der Waals surface area contributed by atoms with Gasteiger partial charge in [0.25, 0.3) is 10.0 Å². The van der Waals surface area contributed by atoms with E-state index in [1.807, 2.05) is 13.8 Å². The minimum Gasteiger partial charge on any atom is -0.618 e. The van der Waals surface area contributed by atoms with Crippen molar-refractivity contribution in [3.63, 3.8) is 0 Å². The lowest BCUT2D eigenvalue weighted by Crippen LogP contribution is -2.54. The molecule has 12 nitrogen and oxygen atoms in total. The van der Waals surface area contributed by atoms with Gasteiger partial charge < -0.3 is 15.6 Å². The van der Waals surface area contributed by atoms with Crippen LogP contribution in [-0.2, 0) is 24.8 Å². The number of aliphatic hydroxyl groups is 1. The molecular formula is C22H31N5O7S2. The third-order valence-corrected chi connectivity index (χ3v) is 8.98. The van der Waals surface area contributed by atoms with E-state index in [1.54, 1.807) is 12.1 Å². The van der Waals surface area contributed by atoms with Gasteiger partial charge in [0.05, 0.1) is 12.1 Å². The molecule has 1 aliphatic heterocycles. The van der Waals surface area contributed by atoms with Crippen LogP contribution in [0.4, 0.5) is 0 Å². The predicted octanol–water partition coefficient (Wildman–Crippen LogP) is -0.262. The fourth-order valence-corrected chi connectivity index (χ4v) is 6.64. The van der Waals surface area contributed by atoms with E-state index in [2.05, 4.69) is 15.0 Å². The van der Waals surface area contributed by atoms with Gasteiger partial charge >= 0.3 is 15.0 Å². The highest BCUT2D eigenvalue weighted by Crippen LogP contribution is 2.20. The van der Waals surface area contributed by atoms with Crippen molar-refractivity contribution in [2.45, 2.75) is 61.3 Å². The molecule has 14 heteroatoms. The molecule has 3 N–H and O–H groups in total. The topological polar surface area (TPSA) is 173 Å². The number of carbonyl (C=O) groups is 1. The zero-order valence-electron chi connectivity index (χ0n) is 20.0. The van der Waals surface area contributed by atoms with E-state index in [0.29, 0.717) is 6.42 Å². The fourth-order valence-electron chi connectivity index (χ4n) is 3.96. The molecule has 2 aromatic rings. The lowest BCUT2D eigenvalue weighted by molar-refractivity contribution is -0.646. The minimum atomic E-state index is -4.32. The molecule has 0 radical (unpaired) electrons. The van der Waals surface area contributed by atoms with E-state index in [4.69, 9.17) is 0 Å². The van der Waals surface area contributed by atoms with Gasteiger partial charge in [-0.3, -0.25) is 4.79 Å². The van der Waals surface area contributed by atoms with Crippen LogP contribution < -0.4 is 14.8 Å². The summed E-state index contributed by atoms with van der Waals surface area (Å²) in [6.07, 6.45) is 1.95. The van der Waals surface area contributed by atoms with E-state index in [1.165, 1.54) is 24.4 Å². The van der Waals surface area contributed by atoms with Crippen LogP contribution in [0.1, 0.15) is 33.1 Å². The van der Waals surface area contributed by atoms with Gasteiger partial charge in [-0.1, -0.05) is 19.9 Å². The summed E-state index contributed by atoms with van der Waals surface area (Å²) in [6, 6.07) is 6.41. The predicted molar refractivity (Wildman–Crippen MR) is 129 cm³/mol. The van der Waals surface area contributed by atoms with Crippen molar-refractivity contribution >= 4 is 26.0 Å². The first-order valence-electron chi connectivity index (χ1n) is 11.5. The molecule has 36 heavy (non-hydrogen) atoms. The molecule has 3 atom stereocenters. The van der Waals surface area contributed by atoms with Gasteiger partial charge in [0.1, 0.15) is 6.04 Å². The maximum Gasteiger partial charge on any atom is 0.323 e. The number of nitrogens with zero attached hydrogens (tertiary/aromatic N) is 3. The Balaban J connectivity index is 1.74. The maximum atomic E-state index is 13.1. The Hall–Kier alpha value is -2.65. The van der Waals surface area contributed by atoms with Crippen molar-refractivity contribution in [2.24, 2.45) is 5.92 Å². The van der Waals surface area contributed by atoms with Gasteiger partial charge in [-0.05, 0) is 43.4 Å². The SMILES string of the molecule is CC(C)CC(NS(=O)(=O)c1cccc[n+]1[O-])C(=O)NC1CCCN(S(=O)(=O)c2ccccn2)C[C@@H]1O. The lowest BCUT2D eigenvalue weighted by atomic mass is 10.0. The average Bonchev–Trinajstić information content (AvgIpc) is 3.00. The van der Waals surface area contributed by atoms with E-state index in [0.717, 1.165) is 16.6 Å². The van der Waals surface area contributed by atoms with Gasteiger partial charge in [0, 0.05) is 31.4 Å². The third kappa shape index (κ3) is 6.76. The number of amides is 1. The number of nitrogens with one attached hydrogen (secondary N) is 2. The molecule has 3 heterocycles. The van der Waals surface area contributed by atoms with Gasteiger partial charge in [-0.2, -0.15) is 13.8 Å². The summed E-state index contributed by atoms with van der Waals surface area (Å²) in [4.78, 5) is 17.0. The quantitative estimate of drug-likeness (QED) is 0.288. The summed E-state index contributed by atoms with van der Waals surface area (Å²) in [7, 11) is -8.25. The number of pyridine rings is 2. The molecule has 1 aliphatic rings. The van der Waals surface area contributed by atoms with E-state index >= 15 is 0 Å². The van der Waals surface area contributed by atoms with Gasteiger partial charge in [-0.15, -0.1) is 0 Å². The summed E-state index contributed by atoms with van der Waals surface area (Å²) in [5.74, 6) is -0.748. The first-order chi connectivity index (χ1) is 16.9. The van der Waals surface area contributed by atoms with Crippen LogP contribution >= 0.6 is 0 Å². The zero-order chi connectivity index (χ0) is 26.5. The second kappa shape index (κ2) is 11.6. The molecule has 1 saturated heterocycles. The Morgan fingerprint density at radius 3 is 2.58 bits per heavy atom. The van der Waals surface area contributed by atoms with Gasteiger partial charge in [-0.25, -0.2) is 21.8 Å². The number of β-amino-alcohol motifs (C(OH)–C–C–N with tert-alkyl or cyclic N) is 1. The molecule has 198 valence electrons. The summed E-state index contributed by atoms with van der Waals surface area (Å²) in [6.45, 7) is 3.49. The van der Waals surface area contributed by atoms with Crippen LogP contribution in [0.25, 0.3) is 0 Å². The van der Waals surface area contributed by atoms with Crippen molar-refractivity contribution in [3.8, 4) is 0 Å². The Morgan fingerprint density at radius 2 is 1.94 bits per heavy atom. The minimum absolute atomic E-state index is 0.0725. The molecule has 0 aromatic carbocycles. The lowest BCUT2D eigenvalue weighted by Gasteiger charge is -2.27. The van der Waals surface area contributed by atoms with Gasteiger partial charge in [0.2, 0.25) is 5.91 Å². The monoisotopic (exact) mass is 541 g/mol. The number of aliphatic hydroxyl groups excluding tert-OH is 1. The normalized spacial score (nSPS) is 20.6. The van der Waals surface area contributed by atoms with E-state index in [9.17, 15) is 31.9 Å². The molecular weight excluding hydrogens is 510 g/mol. The number of rotatable bonds is 9. The first kappa shape index (κ1) is 27.9. The summed E-state index contributed by atoms with van der Waals surface area (Å²) in [5, 5.41) is 24.7. The number of hydrogen-bond acceptors (Lipinski definition) is 8. The van der Waals surface area contributed by atoms with Crippen LogP contribution in [0.2, 0.25) is 0 Å². The Labute approximate surface area is 211 Å². The van der Waals surface area contributed by atoms with E-state index in [-0.39, 0.29) is 41.6 Å². The van der Waals surface area contributed by atoms with Crippen LogP contribution in [0.5, 0.6) is 0 Å². The Kier molecular flexibility index (Phi) is 9.00. The molecule has 0 aliphatic carbocycles. The molecule has 1 amide bonds. The standard InChI is InChI=1S/C22H31N5O7S2/c1-16(2)14-18(25-35(31,32)21-10-4-6-13-27(21)30)22(29)24-17-8-7-12-26(15-19(17)28)36(33,34)20-9-3-5-11-23-20/h3-6,9-11,13,16-19,25,28H,7-8,12,14-15H2,1-2H3,(H,24,29)/t17?,18?,19-/m0/s1. The summed E-state index contributed by atoms with van der Waals surface area (Å²) < 4.78 is 55.1. The molecule has 1 fully saturated rings. The Morgan fingerprint density at radius 1 is 1.22 bits per heavy atom. The smallest absolute Gasteiger partial charge is 0.323 e. The molecule has 0 bridgehead atoms. The van der Waals surface area contributed by atoms with Crippen molar-refractivity contribution in [3.05, 3.63) is 54.0 Å². The summed E-state index contributed by atoms with van der Waals surface area (Å²) >= 11 is 0. The zero-order valence-corrected chi connectivity index (χ0v) is 21.7.